The van der Waals surface area contributed by atoms with Gasteiger partial charge in [-0.1, -0.05) is 13.8 Å². The van der Waals surface area contributed by atoms with Crippen molar-refractivity contribution in [2.24, 2.45) is 0 Å². The second kappa shape index (κ2) is 5.34. The van der Waals surface area contributed by atoms with Crippen LogP contribution >= 0.6 is 0 Å². The first-order chi connectivity index (χ1) is 8.79. The molecule has 2 aliphatic rings. The maximum Gasteiger partial charge on any atom is 0.0789 e. The average molecular weight is 268 g/mol. The van der Waals surface area contributed by atoms with Crippen LogP contribution in [0.15, 0.2) is 0 Å². The highest BCUT2D eigenvalue weighted by molar-refractivity contribution is 5.03. The van der Waals surface area contributed by atoms with Gasteiger partial charge in [-0.25, -0.2) is 0 Å². The Kier molecular flexibility index (Phi) is 4.29. The molecule has 2 saturated heterocycles. The van der Waals surface area contributed by atoms with E-state index in [1.54, 1.807) is 0 Å². The Bertz CT molecular complexity index is 314. The van der Waals surface area contributed by atoms with Gasteiger partial charge in [0.25, 0.3) is 0 Å². The van der Waals surface area contributed by atoms with Gasteiger partial charge in [-0.2, -0.15) is 0 Å². The van der Waals surface area contributed by atoms with E-state index in [0.29, 0.717) is 18.1 Å². The smallest absolute Gasteiger partial charge is 0.0789 e. The Balaban J connectivity index is 2.17. The lowest BCUT2D eigenvalue weighted by atomic mass is 9.89. The van der Waals surface area contributed by atoms with Gasteiger partial charge in [-0.15, -0.1) is 0 Å². The van der Waals surface area contributed by atoms with Gasteiger partial charge in [0, 0.05) is 31.2 Å². The number of hydrogen-bond donors (Lipinski definition) is 1. The number of nitrogens with one attached hydrogen (secondary N) is 1. The third-order valence-corrected chi connectivity index (χ3v) is 4.93. The molecule has 3 unspecified atom stereocenters. The lowest BCUT2D eigenvalue weighted by molar-refractivity contribution is -0.0875. The van der Waals surface area contributed by atoms with E-state index in [1.165, 1.54) is 19.4 Å². The molecule has 0 aromatic heterocycles. The summed E-state index contributed by atoms with van der Waals surface area (Å²) in [6.45, 7) is 15.9. The van der Waals surface area contributed by atoms with Crippen LogP contribution in [0.3, 0.4) is 0 Å². The zero-order valence-corrected chi connectivity index (χ0v) is 13.6. The number of nitrogens with zero attached hydrogens (tertiary/aromatic N) is 1. The Morgan fingerprint density at radius 1 is 1.16 bits per heavy atom. The predicted molar refractivity (Wildman–Crippen MR) is 80.5 cm³/mol. The molecule has 1 N–H and O–H groups in total. The topological polar surface area (TPSA) is 24.5 Å². The Morgan fingerprint density at radius 2 is 1.84 bits per heavy atom. The van der Waals surface area contributed by atoms with Crippen LogP contribution in [0.2, 0.25) is 0 Å². The molecular formula is C16H32N2O. The highest BCUT2D eigenvalue weighted by Crippen LogP contribution is 2.41. The maximum absolute atomic E-state index is 6.30. The first kappa shape index (κ1) is 15.3. The second-order valence-corrected chi connectivity index (χ2v) is 7.46. The molecule has 0 aromatic rings. The fourth-order valence-electron chi connectivity index (χ4n) is 3.97. The fourth-order valence-corrected chi connectivity index (χ4v) is 3.97. The summed E-state index contributed by atoms with van der Waals surface area (Å²) in [6.07, 6.45) is 3.58. The monoisotopic (exact) mass is 268 g/mol. The molecule has 2 fully saturated rings. The zero-order chi connectivity index (χ0) is 14.3. The van der Waals surface area contributed by atoms with Crippen molar-refractivity contribution < 1.29 is 4.74 Å². The molecule has 0 saturated carbocycles. The van der Waals surface area contributed by atoms with Crippen LogP contribution in [0, 0.1) is 0 Å². The summed E-state index contributed by atoms with van der Waals surface area (Å²) < 4.78 is 6.30. The van der Waals surface area contributed by atoms with Crippen molar-refractivity contribution in [3.05, 3.63) is 0 Å². The van der Waals surface area contributed by atoms with Gasteiger partial charge in [0.05, 0.1) is 11.2 Å². The van der Waals surface area contributed by atoms with Gasteiger partial charge in [-0.3, -0.25) is 4.90 Å². The van der Waals surface area contributed by atoms with Crippen LogP contribution in [0.4, 0.5) is 0 Å². The van der Waals surface area contributed by atoms with Crippen LogP contribution < -0.4 is 5.32 Å². The molecule has 3 heteroatoms. The van der Waals surface area contributed by atoms with Crippen LogP contribution in [-0.4, -0.2) is 47.3 Å². The first-order valence-corrected chi connectivity index (χ1v) is 7.98. The van der Waals surface area contributed by atoms with Crippen molar-refractivity contribution in [2.45, 2.75) is 90.1 Å². The van der Waals surface area contributed by atoms with Crippen molar-refractivity contribution in [1.82, 2.24) is 10.2 Å². The number of hydrogen-bond acceptors (Lipinski definition) is 3. The SMILES string of the molecule is CCC1CN(C2CC(C)(C)OC2(C)C)C(CC)CN1. The highest BCUT2D eigenvalue weighted by Gasteiger charge is 2.50. The maximum atomic E-state index is 6.30. The van der Waals surface area contributed by atoms with Gasteiger partial charge in [0.2, 0.25) is 0 Å². The second-order valence-electron chi connectivity index (χ2n) is 7.46. The van der Waals surface area contributed by atoms with E-state index < -0.39 is 0 Å². The largest absolute Gasteiger partial charge is 0.368 e. The summed E-state index contributed by atoms with van der Waals surface area (Å²) in [4.78, 5) is 2.74. The highest BCUT2D eigenvalue weighted by atomic mass is 16.5. The average Bonchev–Trinajstić information content (AvgIpc) is 2.56. The quantitative estimate of drug-likeness (QED) is 0.852. The van der Waals surface area contributed by atoms with Gasteiger partial charge < -0.3 is 10.1 Å². The van der Waals surface area contributed by atoms with Crippen molar-refractivity contribution in [1.29, 1.82) is 0 Å². The van der Waals surface area contributed by atoms with E-state index in [4.69, 9.17) is 4.74 Å². The molecule has 3 atom stereocenters. The summed E-state index contributed by atoms with van der Waals surface area (Å²) in [5.41, 5.74) is -0.0222. The van der Waals surface area contributed by atoms with Gasteiger partial charge in [-0.05, 0) is 47.0 Å². The van der Waals surface area contributed by atoms with Gasteiger partial charge in [0.15, 0.2) is 0 Å². The van der Waals surface area contributed by atoms with E-state index in [0.717, 1.165) is 13.0 Å². The van der Waals surface area contributed by atoms with Crippen molar-refractivity contribution in [3.63, 3.8) is 0 Å². The lowest BCUT2D eigenvalue weighted by Gasteiger charge is -2.46. The van der Waals surface area contributed by atoms with E-state index in [-0.39, 0.29) is 11.2 Å². The number of ether oxygens (including phenoxy) is 1. The van der Waals surface area contributed by atoms with Gasteiger partial charge >= 0.3 is 0 Å². The molecule has 0 aromatic carbocycles. The normalized spacial score (nSPS) is 38.5. The summed E-state index contributed by atoms with van der Waals surface area (Å²) in [5, 5.41) is 3.69. The molecule has 2 rings (SSSR count). The summed E-state index contributed by atoms with van der Waals surface area (Å²) in [7, 11) is 0. The Hall–Kier alpha value is -0.120. The molecule has 0 radical (unpaired) electrons. The molecule has 19 heavy (non-hydrogen) atoms. The molecule has 0 amide bonds. The standard InChI is InChI=1S/C16H32N2O/c1-7-12-11-18(13(8-2)10-17-12)14-9-15(3,4)19-16(14,5)6/h12-14,17H,7-11H2,1-6H3. The van der Waals surface area contributed by atoms with E-state index in [2.05, 4.69) is 51.8 Å². The molecule has 0 bridgehead atoms. The molecule has 0 spiro atoms. The molecule has 2 heterocycles. The minimum atomic E-state index is -0.0352. The summed E-state index contributed by atoms with van der Waals surface area (Å²) in [5.74, 6) is 0. The van der Waals surface area contributed by atoms with Crippen LogP contribution in [0.5, 0.6) is 0 Å². The van der Waals surface area contributed by atoms with E-state index in [1.807, 2.05) is 0 Å². The third-order valence-electron chi connectivity index (χ3n) is 4.93. The minimum absolute atomic E-state index is 0.0129. The van der Waals surface area contributed by atoms with Crippen LogP contribution in [-0.2, 0) is 4.74 Å². The fraction of sp³-hybridized carbons (Fsp3) is 1.00. The molecule has 112 valence electrons. The van der Waals surface area contributed by atoms with Crippen LogP contribution in [0.1, 0.15) is 60.8 Å². The molecular weight excluding hydrogens is 236 g/mol. The number of piperazine rings is 1. The van der Waals surface area contributed by atoms with E-state index >= 15 is 0 Å². The minimum Gasteiger partial charge on any atom is -0.368 e. The van der Waals surface area contributed by atoms with E-state index in [9.17, 15) is 0 Å². The predicted octanol–water partition coefficient (Wildman–Crippen LogP) is 2.79. The van der Waals surface area contributed by atoms with Crippen molar-refractivity contribution in [2.75, 3.05) is 13.1 Å². The number of rotatable bonds is 3. The summed E-state index contributed by atoms with van der Waals surface area (Å²) in [6, 6.07) is 1.84. The first-order valence-electron chi connectivity index (χ1n) is 7.98. The molecule has 3 nitrogen and oxygen atoms in total. The third kappa shape index (κ3) is 3.14. The molecule has 0 aliphatic carbocycles. The van der Waals surface area contributed by atoms with Crippen molar-refractivity contribution in [3.8, 4) is 0 Å². The van der Waals surface area contributed by atoms with Crippen LogP contribution in [0.25, 0.3) is 0 Å². The summed E-state index contributed by atoms with van der Waals surface area (Å²) >= 11 is 0. The lowest BCUT2D eigenvalue weighted by Crippen LogP contribution is -2.62. The Morgan fingerprint density at radius 3 is 2.32 bits per heavy atom. The zero-order valence-electron chi connectivity index (χ0n) is 13.6. The van der Waals surface area contributed by atoms with Gasteiger partial charge in [0.1, 0.15) is 0 Å². The Labute approximate surface area is 119 Å². The molecule has 2 aliphatic heterocycles. The van der Waals surface area contributed by atoms with Crippen molar-refractivity contribution >= 4 is 0 Å².